The maximum atomic E-state index is 13.1. The Morgan fingerprint density at radius 3 is 2.50 bits per heavy atom. The minimum atomic E-state index is -3.63. The van der Waals surface area contributed by atoms with Gasteiger partial charge < -0.3 is 10.6 Å². The van der Waals surface area contributed by atoms with Gasteiger partial charge in [-0.05, 0) is 49.6 Å². The first-order valence-electron chi connectivity index (χ1n) is 11.1. The molecule has 4 rings (SSSR count). The van der Waals surface area contributed by atoms with Gasteiger partial charge in [0.2, 0.25) is 5.91 Å². The first kappa shape index (κ1) is 24.1. The van der Waals surface area contributed by atoms with E-state index in [1.54, 1.807) is 36.4 Å². The predicted molar refractivity (Wildman–Crippen MR) is 133 cm³/mol. The third kappa shape index (κ3) is 5.55. The molecule has 3 aromatic rings. The highest BCUT2D eigenvalue weighted by atomic mass is 32.2. The molecule has 0 radical (unpaired) electrons. The van der Waals surface area contributed by atoms with Gasteiger partial charge in [0.25, 0.3) is 15.9 Å². The fourth-order valence-corrected chi connectivity index (χ4v) is 6.91. The maximum absolute atomic E-state index is 13.1. The summed E-state index contributed by atoms with van der Waals surface area (Å²) in [4.78, 5) is 26.8. The van der Waals surface area contributed by atoms with Gasteiger partial charge in [-0.3, -0.25) is 9.59 Å². The number of amides is 2. The highest BCUT2D eigenvalue weighted by Crippen LogP contribution is 2.29. The molecule has 2 heterocycles. The van der Waals surface area contributed by atoms with Crippen LogP contribution in [-0.4, -0.2) is 37.6 Å². The summed E-state index contributed by atoms with van der Waals surface area (Å²) in [6, 6.07) is 19.8. The third-order valence-electron chi connectivity index (χ3n) is 5.79. The molecule has 0 spiro atoms. The summed E-state index contributed by atoms with van der Waals surface area (Å²) in [6.45, 7) is 2.75. The van der Waals surface area contributed by atoms with Crippen molar-refractivity contribution >= 4 is 38.9 Å². The van der Waals surface area contributed by atoms with Crippen molar-refractivity contribution in [2.75, 3.05) is 18.4 Å². The monoisotopic (exact) mass is 497 g/mol. The van der Waals surface area contributed by atoms with Crippen LogP contribution in [0.15, 0.2) is 70.9 Å². The fourth-order valence-electron chi connectivity index (χ4n) is 3.95. The van der Waals surface area contributed by atoms with Crippen LogP contribution in [0.4, 0.5) is 5.69 Å². The molecule has 2 N–H and O–H groups in total. The zero-order valence-electron chi connectivity index (χ0n) is 18.9. The van der Waals surface area contributed by atoms with E-state index in [2.05, 4.69) is 10.6 Å². The molecular weight excluding hydrogens is 470 g/mol. The molecule has 9 heteroatoms. The molecule has 7 nitrogen and oxygen atoms in total. The van der Waals surface area contributed by atoms with Gasteiger partial charge in [-0.2, -0.15) is 4.31 Å². The first-order valence-corrected chi connectivity index (χ1v) is 13.4. The Morgan fingerprint density at radius 2 is 1.76 bits per heavy atom. The molecule has 2 amide bonds. The van der Waals surface area contributed by atoms with E-state index in [4.69, 9.17) is 0 Å². The molecular formula is C25H27N3O4S2. The highest BCUT2D eigenvalue weighted by Gasteiger charge is 2.34. The van der Waals surface area contributed by atoms with E-state index >= 15 is 0 Å². The lowest BCUT2D eigenvalue weighted by Crippen LogP contribution is -2.43. The lowest BCUT2D eigenvalue weighted by Gasteiger charge is -2.31. The van der Waals surface area contributed by atoms with Crippen LogP contribution in [0.5, 0.6) is 0 Å². The molecule has 0 saturated carbocycles. The van der Waals surface area contributed by atoms with Gasteiger partial charge in [0.15, 0.2) is 0 Å². The average molecular weight is 498 g/mol. The molecule has 1 atom stereocenters. The van der Waals surface area contributed by atoms with E-state index in [1.807, 2.05) is 37.3 Å². The van der Waals surface area contributed by atoms with Crippen molar-refractivity contribution in [3.8, 4) is 0 Å². The molecule has 1 aliphatic heterocycles. The molecule has 34 heavy (non-hydrogen) atoms. The second-order valence-corrected chi connectivity index (χ2v) is 11.7. The standard InChI is InChI=1S/C25H27N3O4S2/c1-18-13-14-23(33-18)34(31,32)28-15-7-10-20(17-28)24(29)27-22-12-6-5-11-21(22)25(30)26-16-19-8-3-2-4-9-19/h2-6,8-9,11-14,20H,7,10,15-17H2,1H3,(H,26,30)(H,27,29). The SMILES string of the molecule is Cc1ccc(S(=O)(=O)N2CCCC(C(=O)Nc3ccccc3C(=O)NCc3ccccc3)C2)s1. The Kier molecular flexibility index (Phi) is 7.45. The van der Waals surface area contributed by atoms with E-state index in [0.29, 0.717) is 41.4 Å². The Labute approximate surface area is 203 Å². The number of anilines is 1. The fraction of sp³-hybridized carbons (Fsp3) is 0.280. The second-order valence-electron chi connectivity index (χ2n) is 8.27. The number of carbonyl (C=O) groups is 2. The summed E-state index contributed by atoms with van der Waals surface area (Å²) < 4.78 is 27.7. The van der Waals surface area contributed by atoms with Crippen LogP contribution in [0.3, 0.4) is 0 Å². The zero-order chi connectivity index (χ0) is 24.1. The summed E-state index contributed by atoms with van der Waals surface area (Å²) >= 11 is 1.23. The number of nitrogens with zero attached hydrogens (tertiary/aromatic N) is 1. The van der Waals surface area contributed by atoms with Crippen LogP contribution in [0.2, 0.25) is 0 Å². The number of nitrogens with one attached hydrogen (secondary N) is 2. The zero-order valence-corrected chi connectivity index (χ0v) is 20.5. The molecule has 2 aromatic carbocycles. The maximum Gasteiger partial charge on any atom is 0.253 e. The van der Waals surface area contributed by atoms with Crippen molar-refractivity contribution in [2.45, 2.75) is 30.5 Å². The summed E-state index contributed by atoms with van der Waals surface area (Å²) in [6.07, 6.45) is 1.19. The van der Waals surface area contributed by atoms with Gasteiger partial charge >= 0.3 is 0 Å². The van der Waals surface area contributed by atoms with Crippen LogP contribution in [0.25, 0.3) is 0 Å². The smallest absolute Gasteiger partial charge is 0.253 e. The van der Waals surface area contributed by atoms with Gasteiger partial charge in [0.1, 0.15) is 4.21 Å². The van der Waals surface area contributed by atoms with Gasteiger partial charge in [-0.25, -0.2) is 8.42 Å². The normalized spacial score (nSPS) is 16.7. The molecule has 1 aliphatic rings. The quantitative estimate of drug-likeness (QED) is 0.515. The third-order valence-corrected chi connectivity index (χ3v) is 9.12. The number of aryl methyl sites for hydroxylation is 1. The van der Waals surface area contributed by atoms with Gasteiger partial charge in [0.05, 0.1) is 17.2 Å². The summed E-state index contributed by atoms with van der Waals surface area (Å²) in [5.41, 5.74) is 1.75. The predicted octanol–water partition coefficient (Wildman–Crippen LogP) is 4.03. The van der Waals surface area contributed by atoms with Crippen molar-refractivity contribution in [1.29, 1.82) is 0 Å². The molecule has 1 unspecified atom stereocenters. The first-order chi connectivity index (χ1) is 16.3. The minimum Gasteiger partial charge on any atom is -0.348 e. The number of sulfonamides is 1. The molecule has 178 valence electrons. The number of thiophene rings is 1. The number of para-hydroxylation sites is 1. The highest BCUT2D eigenvalue weighted by molar-refractivity contribution is 7.91. The lowest BCUT2D eigenvalue weighted by atomic mass is 9.98. The van der Waals surface area contributed by atoms with E-state index in [-0.39, 0.29) is 18.4 Å². The van der Waals surface area contributed by atoms with Crippen molar-refractivity contribution < 1.29 is 18.0 Å². The van der Waals surface area contributed by atoms with E-state index in [1.165, 1.54) is 15.6 Å². The number of rotatable bonds is 7. The largest absolute Gasteiger partial charge is 0.348 e. The Bertz CT molecular complexity index is 1270. The Hall–Kier alpha value is -3.01. The lowest BCUT2D eigenvalue weighted by molar-refractivity contribution is -0.120. The summed E-state index contributed by atoms with van der Waals surface area (Å²) in [5, 5.41) is 5.74. The van der Waals surface area contributed by atoms with Crippen LogP contribution in [0, 0.1) is 12.8 Å². The summed E-state index contributed by atoms with van der Waals surface area (Å²) in [5.74, 6) is -1.07. The van der Waals surface area contributed by atoms with Crippen molar-refractivity contribution in [3.05, 3.63) is 82.7 Å². The molecule has 1 fully saturated rings. The number of hydrogen-bond acceptors (Lipinski definition) is 5. The molecule has 1 saturated heterocycles. The number of piperidine rings is 1. The van der Waals surface area contributed by atoms with E-state index in [9.17, 15) is 18.0 Å². The van der Waals surface area contributed by atoms with Crippen LogP contribution >= 0.6 is 11.3 Å². The van der Waals surface area contributed by atoms with E-state index < -0.39 is 15.9 Å². The topological polar surface area (TPSA) is 95.6 Å². The minimum absolute atomic E-state index is 0.119. The Balaban J connectivity index is 1.43. The second kappa shape index (κ2) is 10.5. The van der Waals surface area contributed by atoms with Crippen LogP contribution in [-0.2, 0) is 21.4 Å². The number of hydrogen-bond donors (Lipinski definition) is 2. The number of benzene rings is 2. The molecule has 0 aliphatic carbocycles. The van der Waals surface area contributed by atoms with E-state index in [0.717, 1.165) is 10.4 Å². The average Bonchev–Trinajstić information content (AvgIpc) is 3.31. The van der Waals surface area contributed by atoms with Crippen LogP contribution < -0.4 is 10.6 Å². The molecule has 1 aromatic heterocycles. The van der Waals surface area contributed by atoms with Gasteiger partial charge in [-0.15, -0.1) is 11.3 Å². The summed E-state index contributed by atoms with van der Waals surface area (Å²) in [7, 11) is -3.63. The van der Waals surface area contributed by atoms with Gasteiger partial charge in [-0.1, -0.05) is 42.5 Å². The van der Waals surface area contributed by atoms with Crippen molar-refractivity contribution in [1.82, 2.24) is 9.62 Å². The Morgan fingerprint density at radius 1 is 1.03 bits per heavy atom. The van der Waals surface area contributed by atoms with Gasteiger partial charge in [0, 0.05) is 24.5 Å². The van der Waals surface area contributed by atoms with Crippen LogP contribution in [0.1, 0.15) is 33.6 Å². The molecule has 0 bridgehead atoms. The number of carbonyl (C=O) groups excluding carboxylic acids is 2. The van der Waals surface area contributed by atoms with Crippen molar-refractivity contribution in [2.24, 2.45) is 5.92 Å². The van der Waals surface area contributed by atoms with Crippen molar-refractivity contribution in [3.63, 3.8) is 0 Å².